The SMILES string of the molecule is COc1ccc(Br)cc1N1C(=O)NC(=O)C(C(C)C)C1=O. The number of urea groups is 1. The fourth-order valence-corrected chi connectivity index (χ4v) is 2.59. The number of methoxy groups -OCH3 is 1. The summed E-state index contributed by atoms with van der Waals surface area (Å²) in [5.74, 6) is -1.85. The van der Waals surface area contributed by atoms with E-state index in [-0.39, 0.29) is 5.92 Å². The number of halogens is 1. The molecule has 7 heteroatoms. The Bertz CT molecular complexity index is 615. The molecular weight excluding hydrogens is 340 g/mol. The van der Waals surface area contributed by atoms with Crippen molar-refractivity contribution in [2.24, 2.45) is 11.8 Å². The number of rotatable bonds is 3. The van der Waals surface area contributed by atoms with E-state index in [0.717, 1.165) is 4.90 Å². The Morgan fingerprint density at radius 3 is 2.52 bits per heavy atom. The second kappa shape index (κ2) is 5.85. The smallest absolute Gasteiger partial charge is 0.335 e. The van der Waals surface area contributed by atoms with Crippen LogP contribution in [0.3, 0.4) is 0 Å². The van der Waals surface area contributed by atoms with Gasteiger partial charge in [0, 0.05) is 4.47 Å². The molecule has 21 heavy (non-hydrogen) atoms. The highest BCUT2D eigenvalue weighted by Gasteiger charge is 2.43. The van der Waals surface area contributed by atoms with Crippen molar-refractivity contribution in [3.63, 3.8) is 0 Å². The van der Waals surface area contributed by atoms with Crippen molar-refractivity contribution in [3.8, 4) is 5.75 Å². The van der Waals surface area contributed by atoms with Crippen LogP contribution in [0, 0.1) is 11.8 Å². The predicted octanol–water partition coefficient (Wildman–Crippen LogP) is 2.31. The molecule has 1 saturated heterocycles. The van der Waals surface area contributed by atoms with Crippen molar-refractivity contribution in [1.82, 2.24) is 5.32 Å². The van der Waals surface area contributed by atoms with E-state index in [1.54, 1.807) is 32.0 Å². The van der Waals surface area contributed by atoms with Gasteiger partial charge in [-0.25, -0.2) is 9.69 Å². The molecule has 2 rings (SSSR count). The summed E-state index contributed by atoms with van der Waals surface area (Å²) in [7, 11) is 1.45. The van der Waals surface area contributed by atoms with Gasteiger partial charge in [-0.15, -0.1) is 0 Å². The molecule has 1 atom stereocenters. The van der Waals surface area contributed by atoms with Crippen LogP contribution in [0.1, 0.15) is 13.8 Å². The highest BCUT2D eigenvalue weighted by atomic mass is 79.9. The van der Waals surface area contributed by atoms with Gasteiger partial charge in [-0.05, 0) is 24.1 Å². The standard InChI is InChI=1S/C14H15BrN2O4/c1-7(2)11-12(18)16-14(20)17(13(11)19)9-6-8(15)4-5-10(9)21-3/h4-7,11H,1-3H3,(H,16,18,20). The van der Waals surface area contributed by atoms with Crippen molar-refractivity contribution in [3.05, 3.63) is 22.7 Å². The number of barbiturate groups is 1. The lowest BCUT2D eigenvalue weighted by atomic mass is 9.92. The lowest BCUT2D eigenvalue weighted by Gasteiger charge is -2.32. The second-order valence-electron chi connectivity index (χ2n) is 5.01. The van der Waals surface area contributed by atoms with Gasteiger partial charge in [-0.1, -0.05) is 29.8 Å². The molecule has 1 fully saturated rings. The highest BCUT2D eigenvalue weighted by molar-refractivity contribution is 9.10. The number of benzene rings is 1. The molecule has 1 heterocycles. The normalized spacial score (nSPS) is 19.0. The topological polar surface area (TPSA) is 75.7 Å². The maximum Gasteiger partial charge on any atom is 0.335 e. The molecule has 112 valence electrons. The van der Waals surface area contributed by atoms with Crippen LogP contribution < -0.4 is 15.0 Å². The lowest BCUT2D eigenvalue weighted by molar-refractivity contribution is -0.136. The number of anilines is 1. The number of ether oxygens (including phenoxy) is 1. The first kappa shape index (κ1) is 15.5. The third-order valence-corrected chi connectivity index (χ3v) is 3.74. The number of carbonyl (C=O) groups is 3. The summed E-state index contributed by atoms with van der Waals surface area (Å²) in [6.45, 7) is 3.52. The molecule has 4 amide bonds. The Kier molecular flexibility index (Phi) is 4.32. The van der Waals surface area contributed by atoms with E-state index >= 15 is 0 Å². The average molecular weight is 355 g/mol. The van der Waals surface area contributed by atoms with Gasteiger partial charge in [0.15, 0.2) is 0 Å². The molecule has 0 saturated carbocycles. The third kappa shape index (κ3) is 2.78. The Morgan fingerprint density at radius 1 is 1.29 bits per heavy atom. The molecule has 1 N–H and O–H groups in total. The van der Waals surface area contributed by atoms with Crippen LogP contribution in [0.5, 0.6) is 5.75 Å². The molecule has 6 nitrogen and oxygen atoms in total. The van der Waals surface area contributed by atoms with Gasteiger partial charge in [-0.3, -0.25) is 14.9 Å². The summed E-state index contributed by atoms with van der Waals surface area (Å²) in [4.78, 5) is 37.4. The maximum atomic E-state index is 12.5. The maximum absolute atomic E-state index is 12.5. The number of hydrogen-bond donors (Lipinski definition) is 1. The van der Waals surface area contributed by atoms with E-state index in [4.69, 9.17) is 4.74 Å². The van der Waals surface area contributed by atoms with Crippen LogP contribution in [0.2, 0.25) is 0 Å². The number of carbonyl (C=O) groups excluding carboxylic acids is 3. The monoisotopic (exact) mass is 354 g/mol. The van der Waals surface area contributed by atoms with Gasteiger partial charge in [0.2, 0.25) is 11.8 Å². The first-order valence-electron chi connectivity index (χ1n) is 6.39. The summed E-state index contributed by atoms with van der Waals surface area (Å²) in [6.07, 6.45) is 0. The minimum atomic E-state index is -0.897. The van der Waals surface area contributed by atoms with Crippen LogP contribution in [0.4, 0.5) is 10.5 Å². The number of nitrogens with zero attached hydrogens (tertiary/aromatic N) is 1. The molecule has 1 unspecified atom stereocenters. The second-order valence-corrected chi connectivity index (χ2v) is 5.92. The summed E-state index contributed by atoms with van der Waals surface area (Å²) >= 11 is 3.30. The van der Waals surface area contributed by atoms with Gasteiger partial charge in [0.05, 0.1) is 12.8 Å². The van der Waals surface area contributed by atoms with Crippen molar-refractivity contribution in [2.45, 2.75) is 13.8 Å². The van der Waals surface area contributed by atoms with Crippen molar-refractivity contribution >= 4 is 39.5 Å². The van der Waals surface area contributed by atoms with E-state index in [1.165, 1.54) is 7.11 Å². The Morgan fingerprint density at radius 2 is 1.95 bits per heavy atom. The van der Waals surface area contributed by atoms with E-state index in [9.17, 15) is 14.4 Å². The summed E-state index contributed by atoms with van der Waals surface area (Å²) in [6, 6.07) is 4.21. The van der Waals surface area contributed by atoms with Gasteiger partial charge in [0.25, 0.3) is 0 Å². The quantitative estimate of drug-likeness (QED) is 0.845. The Hall–Kier alpha value is -1.89. The predicted molar refractivity (Wildman–Crippen MR) is 80.0 cm³/mol. The third-order valence-electron chi connectivity index (χ3n) is 3.25. The van der Waals surface area contributed by atoms with Gasteiger partial charge in [-0.2, -0.15) is 0 Å². The summed E-state index contributed by atoms with van der Waals surface area (Å²) in [5.41, 5.74) is 0.299. The van der Waals surface area contributed by atoms with Gasteiger partial charge in [0.1, 0.15) is 11.7 Å². The number of amides is 4. The Labute approximate surface area is 130 Å². The van der Waals surface area contributed by atoms with Gasteiger partial charge < -0.3 is 4.74 Å². The zero-order valence-corrected chi connectivity index (χ0v) is 13.4. The van der Waals surface area contributed by atoms with Crippen LogP contribution in [0.25, 0.3) is 0 Å². The molecular formula is C14H15BrN2O4. The van der Waals surface area contributed by atoms with Crippen LogP contribution in [-0.2, 0) is 9.59 Å². The summed E-state index contributed by atoms with van der Waals surface area (Å²) < 4.78 is 5.88. The fourth-order valence-electron chi connectivity index (χ4n) is 2.24. The molecule has 1 aromatic carbocycles. The minimum Gasteiger partial charge on any atom is -0.495 e. The molecule has 0 spiro atoms. The van der Waals surface area contributed by atoms with E-state index in [0.29, 0.717) is 15.9 Å². The van der Waals surface area contributed by atoms with Crippen molar-refractivity contribution < 1.29 is 19.1 Å². The van der Waals surface area contributed by atoms with Crippen LogP contribution in [-0.4, -0.2) is 25.0 Å². The van der Waals surface area contributed by atoms with Crippen molar-refractivity contribution in [2.75, 3.05) is 12.0 Å². The number of hydrogen-bond acceptors (Lipinski definition) is 4. The zero-order valence-electron chi connectivity index (χ0n) is 11.8. The molecule has 1 aromatic rings. The Balaban J connectivity index is 2.51. The molecule has 1 aliphatic rings. The van der Waals surface area contributed by atoms with Gasteiger partial charge >= 0.3 is 6.03 Å². The lowest BCUT2D eigenvalue weighted by Crippen LogP contribution is -2.59. The van der Waals surface area contributed by atoms with E-state index < -0.39 is 23.8 Å². The molecule has 0 aliphatic carbocycles. The molecule has 0 radical (unpaired) electrons. The van der Waals surface area contributed by atoms with Crippen molar-refractivity contribution in [1.29, 1.82) is 0 Å². The van der Waals surface area contributed by atoms with E-state index in [1.807, 2.05) is 0 Å². The average Bonchev–Trinajstić information content (AvgIpc) is 2.37. The number of imide groups is 2. The first-order chi connectivity index (χ1) is 9.86. The highest BCUT2D eigenvalue weighted by Crippen LogP contribution is 2.34. The molecule has 1 aliphatic heterocycles. The van der Waals surface area contributed by atoms with Crippen LogP contribution in [0.15, 0.2) is 22.7 Å². The molecule has 0 aromatic heterocycles. The summed E-state index contributed by atoms with van der Waals surface area (Å²) in [5, 5.41) is 2.22. The minimum absolute atomic E-state index is 0.216. The first-order valence-corrected chi connectivity index (χ1v) is 7.18. The fraction of sp³-hybridized carbons (Fsp3) is 0.357. The zero-order chi connectivity index (χ0) is 15.7. The van der Waals surface area contributed by atoms with E-state index in [2.05, 4.69) is 21.2 Å². The largest absolute Gasteiger partial charge is 0.495 e. The molecule has 0 bridgehead atoms. The van der Waals surface area contributed by atoms with Crippen LogP contribution >= 0.6 is 15.9 Å². The number of nitrogens with one attached hydrogen (secondary N) is 1.